The predicted octanol–water partition coefficient (Wildman–Crippen LogP) is 0.780. The third kappa shape index (κ3) is 5.04. The highest BCUT2D eigenvalue weighted by molar-refractivity contribution is 7.86. The number of rotatable bonds is 3. The fourth-order valence-electron chi connectivity index (χ4n) is 1.37. The van der Waals surface area contributed by atoms with Crippen molar-refractivity contribution in [2.75, 3.05) is 0 Å². The van der Waals surface area contributed by atoms with Gasteiger partial charge in [0.05, 0.1) is 6.54 Å². The van der Waals surface area contributed by atoms with Gasteiger partial charge in [-0.3, -0.25) is 0 Å². The van der Waals surface area contributed by atoms with Crippen molar-refractivity contribution in [1.82, 2.24) is 15.1 Å². The number of hydrogen-bond donors (Lipinski definition) is 0. The van der Waals surface area contributed by atoms with Gasteiger partial charge in [0, 0.05) is 5.92 Å². The molecule has 7 nitrogen and oxygen atoms in total. The Labute approximate surface area is 115 Å². The molecule has 118 valence electrons. The van der Waals surface area contributed by atoms with Crippen LogP contribution in [0.2, 0.25) is 0 Å². The number of halogens is 3. The summed E-state index contributed by atoms with van der Waals surface area (Å²) in [4.78, 5) is 0. The molecular weight excluding hydrogens is 301 g/mol. The van der Waals surface area contributed by atoms with Gasteiger partial charge in [-0.25, -0.2) is 8.42 Å². The number of hydrogen-bond acceptors (Lipinski definition) is 5. The molecule has 0 saturated heterocycles. The fraction of sp³-hybridized carbons (Fsp3) is 0.889. The summed E-state index contributed by atoms with van der Waals surface area (Å²) in [5, 5.41) is 8.11. The minimum absolute atomic E-state index is 0.486. The normalized spacial score (nSPS) is 12.2. The van der Waals surface area contributed by atoms with Crippen molar-refractivity contribution in [3.63, 3.8) is 0 Å². The molecule has 1 heterocycles. The lowest BCUT2D eigenvalue weighted by Gasteiger charge is -2.08. The van der Waals surface area contributed by atoms with Crippen LogP contribution >= 0.6 is 0 Å². The smallest absolute Gasteiger partial charge is 0.485 e. The number of nitrogens with zero attached hydrogens (tertiary/aromatic N) is 4. The van der Waals surface area contributed by atoms with Crippen LogP contribution in [0.5, 0.6) is 0 Å². The zero-order valence-electron chi connectivity index (χ0n) is 11.5. The molecule has 0 unspecified atom stereocenters. The molecule has 0 aliphatic heterocycles. The average molecular weight is 318 g/mol. The van der Waals surface area contributed by atoms with Crippen molar-refractivity contribution >= 4 is 10.1 Å². The highest BCUT2D eigenvalue weighted by atomic mass is 32.2. The first kappa shape index (κ1) is 18.8. The van der Waals surface area contributed by atoms with Crippen molar-refractivity contribution in [2.24, 2.45) is 0 Å². The number of alkyl halides is 3. The van der Waals surface area contributed by atoms with Gasteiger partial charge in [0.25, 0.3) is 5.82 Å². The van der Waals surface area contributed by atoms with Gasteiger partial charge in [0.2, 0.25) is 0 Å². The molecule has 0 aliphatic rings. The monoisotopic (exact) mass is 318 g/mol. The van der Waals surface area contributed by atoms with Crippen LogP contribution in [0.3, 0.4) is 0 Å². The molecule has 0 N–H and O–H groups in total. The minimum atomic E-state index is -6.09. The molecule has 20 heavy (non-hydrogen) atoms. The van der Waals surface area contributed by atoms with E-state index in [1.165, 1.54) is 5.82 Å². The molecule has 0 aliphatic carbocycles. The van der Waals surface area contributed by atoms with Crippen LogP contribution in [0.15, 0.2) is 0 Å². The highest BCUT2D eigenvalue weighted by Gasteiger charge is 2.36. The van der Waals surface area contributed by atoms with Crippen LogP contribution in [0.1, 0.15) is 39.4 Å². The van der Waals surface area contributed by atoms with Gasteiger partial charge < -0.3 is 4.55 Å². The van der Waals surface area contributed by atoms with E-state index in [-0.39, 0.29) is 0 Å². The molecule has 0 atom stereocenters. The summed E-state index contributed by atoms with van der Waals surface area (Å²) in [6, 6.07) is 0. The van der Waals surface area contributed by atoms with Gasteiger partial charge in [-0.1, -0.05) is 18.5 Å². The molecule has 0 bridgehead atoms. The van der Waals surface area contributed by atoms with E-state index in [9.17, 15) is 13.2 Å². The molecule has 1 aromatic heterocycles. The Balaban J connectivity index is 0.000000396. The lowest BCUT2D eigenvalue weighted by atomic mass is 10.2. The van der Waals surface area contributed by atoms with Crippen molar-refractivity contribution in [2.45, 2.75) is 52.2 Å². The molecule has 0 aromatic carbocycles. The first-order valence-corrected chi connectivity index (χ1v) is 7.22. The van der Waals surface area contributed by atoms with Crippen molar-refractivity contribution in [3.05, 3.63) is 5.82 Å². The zero-order valence-corrected chi connectivity index (χ0v) is 12.4. The van der Waals surface area contributed by atoms with Gasteiger partial charge in [0.15, 0.2) is 15.3 Å². The second-order valence-corrected chi connectivity index (χ2v) is 5.39. The maximum atomic E-state index is 10.7. The second-order valence-electron chi connectivity index (χ2n) is 4.02. The Bertz CT molecular complexity index is 504. The molecule has 0 spiro atoms. The van der Waals surface area contributed by atoms with Crippen molar-refractivity contribution in [1.29, 1.82) is 0 Å². The van der Waals surface area contributed by atoms with E-state index in [0.29, 0.717) is 5.92 Å². The second kappa shape index (κ2) is 6.97. The summed E-state index contributed by atoms with van der Waals surface area (Å²) >= 11 is 0. The third-order valence-electron chi connectivity index (χ3n) is 2.18. The summed E-state index contributed by atoms with van der Waals surface area (Å²) in [6.45, 7) is 10.3. The molecule has 1 aromatic rings. The standard InChI is InChI=1S/C8H17N4.CHF3O3S/c1-5-11-8(7(3)4)12(6-2)10-9-11;2-1(3,4)8(5,6)7/h7H,5-6H2,1-4H3;(H,5,6,7)/q+1;/p-1. The first-order valence-electron chi connectivity index (χ1n) is 5.81. The molecule has 0 amide bonds. The van der Waals surface area contributed by atoms with Gasteiger partial charge >= 0.3 is 5.51 Å². The Kier molecular flexibility index (Phi) is 6.54. The fourth-order valence-corrected chi connectivity index (χ4v) is 1.37. The molecule has 0 radical (unpaired) electrons. The molecular formula is C9H17F3N4O3S. The largest absolute Gasteiger partial charge is 0.741 e. The molecule has 1 rings (SSSR count). The van der Waals surface area contributed by atoms with Gasteiger partial charge in [0.1, 0.15) is 11.8 Å². The Morgan fingerprint density at radius 3 is 2.05 bits per heavy atom. The highest BCUT2D eigenvalue weighted by Crippen LogP contribution is 2.20. The maximum absolute atomic E-state index is 10.7. The summed E-state index contributed by atoms with van der Waals surface area (Å²) in [5.41, 5.74) is -5.65. The Morgan fingerprint density at radius 2 is 1.80 bits per heavy atom. The van der Waals surface area contributed by atoms with Crippen molar-refractivity contribution < 1.29 is 30.8 Å². The SMILES string of the molecule is CCn1nn[n+](CC)c1C(C)C.O=S(=O)([O-])C(F)(F)F. The number of tetrazole rings is 1. The first-order chi connectivity index (χ1) is 8.95. The van der Waals surface area contributed by atoms with Crippen LogP contribution < -0.4 is 4.68 Å². The zero-order chi connectivity index (χ0) is 16.1. The summed E-state index contributed by atoms with van der Waals surface area (Å²) in [6.07, 6.45) is 0. The quantitative estimate of drug-likeness (QED) is 0.466. The van der Waals surface area contributed by atoms with Gasteiger partial charge in [-0.15, -0.1) is 4.68 Å². The van der Waals surface area contributed by atoms with Crippen LogP contribution in [0, 0.1) is 0 Å². The van der Waals surface area contributed by atoms with E-state index in [2.05, 4.69) is 38.1 Å². The van der Waals surface area contributed by atoms with E-state index in [1.807, 2.05) is 9.36 Å². The number of aryl methyl sites for hydroxylation is 2. The summed E-state index contributed by atoms with van der Waals surface area (Å²) in [7, 11) is -6.09. The molecule has 0 saturated carbocycles. The summed E-state index contributed by atoms with van der Waals surface area (Å²) in [5.74, 6) is 1.69. The maximum Gasteiger partial charge on any atom is 0.485 e. The predicted molar refractivity (Wildman–Crippen MR) is 61.4 cm³/mol. The van der Waals surface area contributed by atoms with E-state index < -0.39 is 15.6 Å². The van der Waals surface area contributed by atoms with E-state index in [0.717, 1.165) is 13.1 Å². The minimum Gasteiger partial charge on any atom is -0.741 e. The van der Waals surface area contributed by atoms with Crippen LogP contribution in [0.25, 0.3) is 0 Å². The molecule has 11 heteroatoms. The Hall–Kier alpha value is -1.23. The lowest BCUT2D eigenvalue weighted by Crippen LogP contribution is -2.40. The number of aromatic nitrogens is 4. The van der Waals surface area contributed by atoms with E-state index in [1.54, 1.807) is 0 Å². The van der Waals surface area contributed by atoms with Crippen LogP contribution in [-0.4, -0.2) is 33.6 Å². The van der Waals surface area contributed by atoms with Gasteiger partial charge in [-0.05, 0) is 13.8 Å². The van der Waals surface area contributed by atoms with Crippen LogP contribution in [-0.2, 0) is 23.2 Å². The topological polar surface area (TPSA) is 91.8 Å². The van der Waals surface area contributed by atoms with Crippen molar-refractivity contribution in [3.8, 4) is 0 Å². The van der Waals surface area contributed by atoms with Gasteiger partial charge in [-0.2, -0.15) is 13.2 Å². The van der Waals surface area contributed by atoms with E-state index in [4.69, 9.17) is 13.0 Å². The third-order valence-corrected chi connectivity index (χ3v) is 2.75. The summed E-state index contributed by atoms with van der Waals surface area (Å²) < 4.78 is 62.8. The lowest BCUT2D eigenvalue weighted by molar-refractivity contribution is -0.759. The van der Waals surface area contributed by atoms with Crippen LogP contribution in [0.4, 0.5) is 13.2 Å². The Morgan fingerprint density at radius 1 is 1.35 bits per heavy atom. The van der Waals surface area contributed by atoms with E-state index >= 15 is 0 Å². The molecule has 0 fully saturated rings. The average Bonchev–Trinajstić information content (AvgIpc) is 2.69.